The lowest BCUT2D eigenvalue weighted by Gasteiger charge is -2.19. The second-order valence-corrected chi connectivity index (χ2v) is 22.0. The predicted octanol–water partition coefficient (Wildman–Crippen LogP) is 22.9. The van der Waals surface area contributed by atoms with E-state index in [0.29, 0.717) is 12.0 Å². The summed E-state index contributed by atoms with van der Waals surface area (Å²) in [5.74, 6) is -0.168. The van der Waals surface area contributed by atoms with Crippen LogP contribution in [0.1, 0.15) is 23.1 Å². The Morgan fingerprint density at radius 2 is 0.630 bits per heavy atom. The van der Waals surface area contributed by atoms with Crippen LogP contribution in [-0.4, -0.2) is 20.9 Å². The molecule has 92 heavy (non-hydrogen) atoms. The Hall–Kier alpha value is -11.9. The zero-order chi connectivity index (χ0) is 62.9. The van der Waals surface area contributed by atoms with E-state index in [-0.39, 0.29) is 18.0 Å². The zero-order valence-electron chi connectivity index (χ0n) is 51.5. The van der Waals surface area contributed by atoms with Crippen molar-refractivity contribution in [3.63, 3.8) is 0 Å². The van der Waals surface area contributed by atoms with Crippen LogP contribution in [0.5, 0.6) is 0 Å². The molecule has 2 heterocycles. The van der Waals surface area contributed by atoms with Gasteiger partial charge in [0, 0.05) is 52.7 Å². The average molecular weight is 1190 g/mol. The largest absolute Gasteiger partial charge is 0.507 e. The number of aliphatic hydroxyl groups excluding tert-OH is 1. The topological polar surface area (TPSA) is 63.1 Å². The second-order valence-electron chi connectivity index (χ2n) is 22.0. The number of pyridine rings is 2. The van der Waals surface area contributed by atoms with Gasteiger partial charge in [0.2, 0.25) is 0 Å². The summed E-state index contributed by atoms with van der Waals surface area (Å²) in [5, 5.41) is 10.8. The third-order valence-electron chi connectivity index (χ3n) is 15.8. The Labute approximate surface area is 541 Å². The SMILES string of the molecule is Cc1cc(-c2ccc(-c3ccccc3-c3cc(-c4ccccc4CCC(=O)/C=C(\O)c4ccccc4)cc(-c4ccccc4-c4cnc(-c5ccccc5)cc4-c4ccccc4)c3)cc2)ncc1-c1ccccc1.c1ccccc1.c1ccccc1.c1ccccc1. The van der Waals surface area contributed by atoms with Crippen LogP contribution in [-0.2, 0) is 11.2 Å². The Bertz CT molecular complexity index is 4460. The van der Waals surface area contributed by atoms with Crippen molar-refractivity contribution < 1.29 is 9.90 Å². The number of aromatic nitrogens is 2. The molecule has 4 nitrogen and oxygen atoms in total. The van der Waals surface area contributed by atoms with E-state index < -0.39 is 0 Å². The number of rotatable bonds is 14. The van der Waals surface area contributed by atoms with Gasteiger partial charge in [-0.3, -0.25) is 14.8 Å². The fraction of sp³-hybridized carbons (Fsp3) is 0.0341. The minimum Gasteiger partial charge on any atom is -0.507 e. The van der Waals surface area contributed by atoms with E-state index in [2.05, 4.69) is 207 Å². The maximum atomic E-state index is 13.4. The molecule has 0 atom stereocenters. The summed E-state index contributed by atoms with van der Waals surface area (Å²) in [5.41, 5.74) is 21.9. The van der Waals surface area contributed by atoms with Crippen LogP contribution in [0.25, 0.3) is 106 Å². The second kappa shape index (κ2) is 31.9. The van der Waals surface area contributed by atoms with Crippen LogP contribution < -0.4 is 0 Å². The molecule has 0 aliphatic carbocycles. The molecule has 14 aromatic rings. The molecule has 14 rings (SSSR count). The van der Waals surface area contributed by atoms with E-state index in [1.165, 1.54) is 11.6 Å². The highest BCUT2D eigenvalue weighted by Gasteiger charge is 2.19. The molecular formula is C88H70N2O2. The maximum Gasteiger partial charge on any atom is 0.159 e. The van der Waals surface area contributed by atoms with Gasteiger partial charge in [0.15, 0.2) is 5.78 Å². The molecular weight excluding hydrogens is 1120 g/mol. The summed E-state index contributed by atoms with van der Waals surface area (Å²) in [7, 11) is 0. The van der Waals surface area contributed by atoms with Gasteiger partial charge in [-0.2, -0.15) is 0 Å². The number of aliphatic hydroxyl groups is 1. The van der Waals surface area contributed by atoms with E-state index in [1.54, 1.807) is 12.1 Å². The molecule has 2 aromatic heterocycles. The van der Waals surface area contributed by atoms with Gasteiger partial charge in [0.1, 0.15) is 5.76 Å². The van der Waals surface area contributed by atoms with Gasteiger partial charge in [0.05, 0.1) is 11.4 Å². The summed E-state index contributed by atoms with van der Waals surface area (Å²) in [6.45, 7) is 2.15. The summed E-state index contributed by atoms with van der Waals surface area (Å²) in [4.78, 5) is 23.5. The van der Waals surface area contributed by atoms with Crippen LogP contribution in [0.3, 0.4) is 0 Å². The molecule has 0 bridgehead atoms. The first-order chi connectivity index (χ1) is 45.4. The van der Waals surface area contributed by atoms with E-state index in [1.807, 2.05) is 158 Å². The lowest BCUT2D eigenvalue weighted by molar-refractivity contribution is -0.114. The quantitative estimate of drug-likeness (QED) is 0.0870. The van der Waals surface area contributed by atoms with Crippen molar-refractivity contribution in [2.24, 2.45) is 0 Å². The first-order valence-corrected chi connectivity index (χ1v) is 31.1. The monoisotopic (exact) mass is 1190 g/mol. The van der Waals surface area contributed by atoms with Crippen LogP contribution in [0.15, 0.2) is 376 Å². The Kier molecular flexibility index (Phi) is 21.4. The number of ketones is 1. The van der Waals surface area contributed by atoms with Crippen molar-refractivity contribution in [3.8, 4) is 100 Å². The molecule has 0 spiro atoms. The van der Waals surface area contributed by atoms with Gasteiger partial charge in [-0.15, -0.1) is 0 Å². The minimum atomic E-state index is -0.138. The maximum absolute atomic E-state index is 13.4. The highest BCUT2D eigenvalue weighted by Crippen LogP contribution is 2.44. The van der Waals surface area contributed by atoms with E-state index in [0.717, 1.165) is 106 Å². The highest BCUT2D eigenvalue weighted by atomic mass is 16.3. The van der Waals surface area contributed by atoms with Gasteiger partial charge in [-0.05, 0) is 122 Å². The Balaban J connectivity index is 0.000000414. The van der Waals surface area contributed by atoms with Crippen molar-refractivity contribution in [3.05, 3.63) is 393 Å². The van der Waals surface area contributed by atoms with Crippen LogP contribution in [0.4, 0.5) is 0 Å². The molecule has 0 radical (unpaired) electrons. The van der Waals surface area contributed by atoms with Gasteiger partial charge in [-0.1, -0.05) is 328 Å². The molecule has 0 saturated heterocycles. The molecule has 4 heteroatoms. The number of hydrogen-bond acceptors (Lipinski definition) is 4. The molecule has 0 aliphatic rings. The molecule has 0 saturated carbocycles. The summed E-state index contributed by atoms with van der Waals surface area (Å²) >= 11 is 0. The van der Waals surface area contributed by atoms with Crippen LogP contribution in [0, 0.1) is 6.92 Å². The van der Waals surface area contributed by atoms with Gasteiger partial charge < -0.3 is 5.11 Å². The molecule has 1 N–H and O–H groups in total. The summed E-state index contributed by atoms with van der Waals surface area (Å²) in [6.07, 6.45) is 6.09. The smallest absolute Gasteiger partial charge is 0.159 e. The first-order valence-electron chi connectivity index (χ1n) is 31.1. The lowest BCUT2D eigenvalue weighted by atomic mass is 9.85. The van der Waals surface area contributed by atoms with Gasteiger partial charge in [-0.25, -0.2) is 0 Å². The molecule has 0 aliphatic heterocycles. The van der Waals surface area contributed by atoms with Crippen molar-refractivity contribution in [1.82, 2.24) is 9.97 Å². The fourth-order valence-corrected chi connectivity index (χ4v) is 11.1. The van der Waals surface area contributed by atoms with E-state index in [4.69, 9.17) is 9.97 Å². The number of allylic oxidation sites excluding steroid dienone is 1. The van der Waals surface area contributed by atoms with Gasteiger partial charge >= 0.3 is 0 Å². The van der Waals surface area contributed by atoms with Crippen molar-refractivity contribution in [1.29, 1.82) is 0 Å². The number of benzene rings is 12. The average Bonchev–Trinajstić information content (AvgIpc) is 0.787. The van der Waals surface area contributed by atoms with Crippen molar-refractivity contribution in [2.75, 3.05) is 0 Å². The first kappa shape index (κ1) is 61.8. The molecule has 0 unspecified atom stereocenters. The lowest BCUT2D eigenvalue weighted by Crippen LogP contribution is -2.00. The molecule has 444 valence electrons. The highest BCUT2D eigenvalue weighted by molar-refractivity contribution is 5.97. The summed E-state index contributed by atoms with van der Waals surface area (Å²) in [6, 6.07) is 122. The molecule has 12 aromatic carbocycles. The Morgan fingerprint density at radius 3 is 1.12 bits per heavy atom. The van der Waals surface area contributed by atoms with Crippen LogP contribution >= 0.6 is 0 Å². The van der Waals surface area contributed by atoms with Crippen molar-refractivity contribution in [2.45, 2.75) is 19.8 Å². The van der Waals surface area contributed by atoms with Crippen LogP contribution in [0.2, 0.25) is 0 Å². The predicted molar refractivity (Wildman–Crippen MR) is 385 cm³/mol. The van der Waals surface area contributed by atoms with Crippen molar-refractivity contribution >= 4 is 11.5 Å². The standard InChI is InChI=1S/C70H52N2O2.3C6H6/c1-48-40-68(71-46-66(48)50-22-8-3-9-23-50)54-36-34-52(35-37-54)61-30-16-17-31-62(61)57-41-56(60-29-15-14-24-51(60)38-39-59(73)44-70(74)55-27-12-5-13-28-55)42-58(43-57)63-32-18-19-33-64(63)67-47-72-69(53-25-10-4-11-26-53)45-65(67)49-20-6-2-7-21-49;3*1-2-4-6-5-3-1/h2-37,40-47,74H,38-39H2,1H3;3*1-6H/b70-44-;;;. The molecule has 0 amide bonds. The van der Waals surface area contributed by atoms with E-state index in [9.17, 15) is 9.90 Å². The number of carbonyl (C=O) groups is 1. The summed E-state index contributed by atoms with van der Waals surface area (Å²) < 4.78 is 0. The number of carbonyl (C=O) groups excluding carboxylic acids is 1. The fourth-order valence-electron chi connectivity index (χ4n) is 11.1. The zero-order valence-corrected chi connectivity index (χ0v) is 51.5. The van der Waals surface area contributed by atoms with Gasteiger partial charge in [0.25, 0.3) is 0 Å². The van der Waals surface area contributed by atoms with E-state index >= 15 is 0 Å². The molecule has 0 fully saturated rings. The third kappa shape index (κ3) is 16.5. The minimum absolute atomic E-state index is 0.0298. The third-order valence-corrected chi connectivity index (χ3v) is 15.8. The Morgan fingerprint density at radius 1 is 0.304 bits per heavy atom. The normalized spacial score (nSPS) is 10.7. The number of aryl methyl sites for hydroxylation is 2. The number of hydrogen-bond donors (Lipinski definition) is 1. The number of nitrogens with zero attached hydrogens (tertiary/aromatic N) is 2.